The van der Waals surface area contributed by atoms with Gasteiger partial charge in [-0.3, -0.25) is 4.79 Å². The average molecular weight is 232 g/mol. The first-order valence-corrected chi connectivity index (χ1v) is 7.82. The van der Waals surface area contributed by atoms with Gasteiger partial charge in [-0.15, -0.1) is 0 Å². The van der Waals surface area contributed by atoms with Gasteiger partial charge in [0.05, 0.1) is 0 Å². The lowest BCUT2D eigenvalue weighted by Crippen LogP contribution is -2.48. The molecule has 0 N–H and O–H groups in total. The Bertz CT molecular complexity index is 300. The zero-order valence-electron chi connectivity index (χ0n) is 10.7. The predicted octanol–water partition coefficient (Wildman–Crippen LogP) is 3.82. The number of ketones is 1. The number of rotatable bonds is 4. The maximum atomic E-state index is 12.5. The van der Waals surface area contributed by atoms with E-state index in [0.717, 1.165) is 36.0 Å². The van der Waals surface area contributed by atoms with E-state index in [-0.39, 0.29) is 0 Å². The van der Waals surface area contributed by atoms with Crippen LogP contribution in [0, 0.1) is 35.5 Å². The quantitative estimate of drug-likeness (QED) is 0.720. The number of hydrogen-bond acceptors (Lipinski definition) is 1. The summed E-state index contributed by atoms with van der Waals surface area (Å²) in [5.74, 6) is 5.70. The van der Waals surface area contributed by atoms with Crippen molar-refractivity contribution in [2.45, 2.75) is 57.8 Å². The standard InChI is InChI=1S/C16H24O/c17-15(4-3-10-1-2-10)16-13-6-11-5-12(8-13)9-14(16)7-11/h10-14,16H,1-9H2. The molecular weight excluding hydrogens is 208 g/mol. The largest absolute Gasteiger partial charge is 0.299 e. The smallest absolute Gasteiger partial charge is 0.136 e. The minimum absolute atomic E-state index is 0.501. The first kappa shape index (κ1) is 10.6. The van der Waals surface area contributed by atoms with Crippen LogP contribution in [0.5, 0.6) is 0 Å². The summed E-state index contributed by atoms with van der Waals surface area (Å²) in [5, 5.41) is 0. The van der Waals surface area contributed by atoms with Crippen LogP contribution in [0.4, 0.5) is 0 Å². The Morgan fingerprint density at radius 2 is 1.47 bits per heavy atom. The van der Waals surface area contributed by atoms with E-state index >= 15 is 0 Å². The molecule has 5 aliphatic rings. The number of hydrogen-bond donors (Lipinski definition) is 0. The minimum Gasteiger partial charge on any atom is -0.299 e. The summed E-state index contributed by atoms with van der Waals surface area (Å²) in [5.41, 5.74) is 0. The molecule has 5 rings (SSSR count). The van der Waals surface area contributed by atoms with Crippen LogP contribution in [-0.4, -0.2) is 5.78 Å². The molecule has 0 spiro atoms. The normalized spacial score (nSPS) is 47.4. The van der Waals surface area contributed by atoms with Crippen molar-refractivity contribution in [3.63, 3.8) is 0 Å². The van der Waals surface area contributed by atoms with Crippen molar-refractivity contribution >= 4 is 5.78 Å². The summed E-state index contributed by atoms with van der Waals surface area (Å²) < 4.78 is 0. The molecule has 17 heavy (non-hydrogen) atoms. The lowest BCUT2D eigenvalue weighted by atomic mass is 9.51. The van der Waals surface area contributed by atoms with Crippen LogP contribution in [0.15, 0.2) is 0 Å². The number of carbonyl (C=O) groups is 1. The van der Waals surface area contributed by atoms with Gasteiger partial charge < -0.3 is 0 Å². The molecule has 5 saturated carbocycles. The van der Waals surface area contributed by atoms with Crippen molar-refractivity contribution in [3.05, 3.63) is 0 Å². The van der Waals surface area contributed by atoms with Gasteiger partial charge in [0.15, 0.2) is 0 Å². The maximum Gasteiger partial charge on any atom is 0.136 e. The van der Waals surface area contributed by atoms with E-state index in [1.165, 1.54) is 51.4 Å². The first-order valence-electron chi connectivity index (χ1n) is 7.82. The number of carbonyl (C=O) groups excluding carboxylic acids is 1. The summed E-state index contributed by atoms with van der Waals surface area (Å²) in [6.07, 6.45) is 12.0. The molecule has 0 atom stereocenters. The Kier molecular flexibility index (Phi) is 2.38. The monoisotopic (exact) mass is 232 g/mol. The van der Waals surface area contributed by atoms with E-state index in [9.17, 15) is 4.79 Å². The second-order valence-corrected chi connectivity index (χ2v) is 7.40. The van der Waals surface area contributed by atoms with Gasteiger partial charge in [0.25, 0.3) is 0 Å². The molecule has 0 amide bonds. The van der Waals surface area contributed by atoms with Gasteiger partial charge in [0.2, 0.25) is 0 Å². The van der Waals surface area contributed by atoms with Gasteiger partial charge in [0, 0.05) is 12.3 Å². The molecule has 1 heteroatoms. The molecule has 0 radical (unpaired) electrons. The molecule has 5 aliphatic carbocycles. The van der Waals surface area contributed by atoms with Crippen molar-refractivity contribution < 1.29 is 4.79 Å². The zero-order chi connectivity index (χ0) is 11.4. The molecule has 0 saturated heterocycles. The van der Waals surface area contributed by atoms with Crippen LogP contribution < -0.4 is 0 Å². The fraction of sp³-hybridized carbons (Fsp3) is 0.938. The van der Waals surface area contributed by atoms with Crippen molar-refractivity contribution in [1.82, 2.24) is 0 Å². The highest BCUT2D eigenvalue weighted by Crippen LogP contribution is 2.57. The van der Waals surface area contributed by atoms with E-state index < -0.39 is 0 Å². The highest BCUT2D eigenvalue weighted by Gasteiger charge is 2.50. The maximum absolute atomic E-state index is 12.5. The topological polar surface area (TPSA) is 17.1 Å². The average Bonchev–Trinajstić information content (AvgIpc) is 3.08. The Labute approximate surface area is 104 Å². The highest BCUT2D eigenvalue weighted by atomic mass is 16.1. The molecule has 0 aromatic carbocycles. The van der Waals surface area contributed by atoms with Gasteiger partial charge in [-0.2, -0.15) is 0 Å². The molecule has 0 aromatic heterocycles. The van der Waals surface area contributed by atoms with E-state index in [1.54, 1.807) is 0 Å². The van der Waals surface area contributed by atoms with E-state index in [2.05, 4.69) is 0 Å². The third-order valence-electron chi connectivity index (χ3n) is 6.09. The third-order valence-corrected chi connectivity index (χ3v) is 6.09. The fourth-order valence-corrected chi connectivity index (χ4v) is 5.37. The van der Waals surface area contributed by atoms with Crippen LogP contribution in [0.25, 0.3) is 0 Å². The molecular formula is C16H24O. The van der Waals surface area contributed by atoms with Crippen molar-refractivity contribution in [3.8, 4) is 0 Å². The molecule has 94 valence electrons. The van der Waals surface area contributed by atoms with E-state index in [4.69, 9.17) is 0 Å². The summed E-state index contributed by atoms with van der Waals surface area (Å²) in [6, 6.07) is 0. The summed E-state index contributed by atoms with van der Waals surface area (Å²) in [4.78, 5) is 12.5. The van der Waals surface area contributed by atoms with Crippen LogP contribution in [0.3, 0.4) is 0 Å². The predicted molar refractivity (Wildman–Crippen MR) is 67.5 cm³/mol. The van der Waals surface area contributed by atoms with E-state index in [0.29, 0.717) is 11.7 Å². The summed E-state index contributed by atoms with van der Waals surface area (Å²) in [6.45, 7) is 0. The molecule has 5 fully saturated rings. The van der Waals surface area contributed by atoms with Gasteiger partial charge in [-0.1, -0.05) is 12.8 Å². The van der Waals surface area contributed by atoms with Crippen LogP contribution in [0.1, 0.15) is 57.8 Å². The van der Waals surface area contributed by atoms with Crippen LogP contribution in [0.2, 0.25) is 0 Å². The Balaban J connectivity index is 1.44. The second kappa shape index (κ2) is 3.83. The molecule has 4 bridgehead atoms. The lowest BCUT2D eigenvalue weighted by Gasteiger charge is -2.53. The van der Waals surface area contributed by atoms with Crippen molar-refractivity contribution in [2.24, 2.45) is 35.5 Å². The van der Waals surface area contributed by atoms with Crippen LogP contribution >= 0.6 is 0 Å². The van der Waals surface area contributed by atoms with Gasteiger partial charge >= 0.3 is 0 Å². The molecule has 1 nitrogen and oxygen atoms in total. The second-order valence-electron chi connectivity index (χ2n) is 7.40. The van der Waals surface area contributed by atoms with Gasteiger partial charge in [-0.25, -0.2) is 0 Å². The van der Waals surface area contributed by atoms with Gasteiger partial charge in [-0.05, 0) is 68.1 Å². The fourth-order valence-electron chi connectivity index (χ4n) is 5.37. The summed E-state index contributed by atoms with van der Waals surface area (Å²) in [7, 11) is 0. The first-order chi connectivity index (χ1) is 8.29. The Hall–Kier alpha value is -0.330. The number of Topliss-reactive ketones (excluding diaryl/α,β-unsaturated/α-hetero) is 1. The van der Waals surface area contributed by atoms with Crippen molar-refractivity contribution in [1.29, 1.82) is 0 Å². The van der Waals surface area contributed by atoms with Gasteiger partial charge in [0.1, 0.15) is 5.78 Å². The Morgan fingerprint density at radius 3 is 2.00 bits per heavy atom. The minimum atomic E-state index is 0.501. The van der Waals surface area contributed by atoms with Crippen molar-refractivity contribution in [2.75, 3.05) is 0 Å². The SMILES string of the molecule is O=C(CCC1CC1)C1C2CC3CC(C2)CC1C3. The highest BCUT2D eigenvalue weighted by molar-refractivity contribution is 5.82. The van der Waals surface area contributed by atoms with E-state index in [1.807, 2.05) is 0 Å². The molecule has 0 aromatic rings. The summed E-state index contributed by atoms with van der Waals surface area (Å²) >= 11 is 0. The lowest BCUT2D eigenvalue weighted by molar-refractivity contribution is -0.136. The molecule has 0 aliphatic heterocycles. The van der Waals surface area contributed by atoms with Crippen LogP contribution in [-0.2, 0) is 4.79 Å². The third kappa shape index (κ3) is 1.86. The Morgan fingerprint density at radius 1 is 0.882 bits per heavy atom. The molecule has 0 unspecified atom stereocenters. The molecule has 0 heterocycles. The zero-order valence-corrected chi connectivity index (χ0v) is 10.7.